The van der Waals surface area contributed by atoms with E-state index in [1.807, 2.05) is 0 Å². The summed E-state index contributed by atoms with van der Waals surface area (Å²) in [5.41, 5.74) is 19.6. The predicted octanol–water partition coefficient (Wildman–Crippen LogP) is 14.5. The molecular weight excluding hydrogens is 713 g/mol. The van der Waals surface area contributed by atoms with Crippen LogP contribution in [0.1, 0.15) is 44.5 Å². The van der Waals surface area contributed by atoms with Gasteiger partial charge in [-0.05, 0) is 118 Å². The second-order valence-corrected chi connectivity index (χ2v) is 16.6. The second-order valence-electron chi connectivity index (χ2n) is 16.6. The Labute approximate surface area is 342 Å². The van der Waals surface area contributed by atoms with Crippen LogP contribution in [0.3, 0.4) is 0 Å². The minimum absolute atomic E-state index is 0.519. The highest BCUT2D eigenvalue weighted by atomic mass is 16.5. The number of fused-ring (bicyclic) bond motifs is 23. The lowest BCUT2D eigenvalue weighted by Crippen LogP contribution is -2.32. The van der Waals surface area contributed by atoms with E-state index in [9.17, 15) is 0 Å². The molecule has 0 N–H and O–H groups in total. The summed E-state index contributed by atoms with van der Waals surface area (Å²) in [6, 6.07) is 77.2. The lowest BCUT2D eigenvalue weighted by Gasteiger charge is -2.39. The molecule has 59 heavy (non-hydrogen) atoms. The van der Waals surface area contributed by atoms with Crippen LogP contribution in [-0.4, -0.2) is 0 Å². The molecule has 0 radical (unpaired) electrons. The molecule has 3 aliphatic carbocycles. The van der Waals surface area contributed by atoms with E-state index in [-0.39, 0.29) is 0 Å². The fraction of sp³-hybridized carbons (Fsp3) is 0.0345. The van der Waals surface area contributed by atoms with Gasteiger partial charge >= 0.3 is 0 Å². The molecular formula is C58H34O. The Hall–Kier alpha value is -7.48. The number of hydrogen-bond donors (Lipinski definition) is 0. The summed E-state index contributed by atoms with van der Waals surface area (Å²) in [7, 11) is 0. The van der Waals surface area contributed by atoms with E-state index >= 15 is 0 Å². The Morgan fingerprint density at radius 3 is 1.44 bits per heavy atom. The van der Waals surface area contributed by atoms with E-state index in [1.54, 1.807) is 0 Å². The first-order chi connectivity index (χ1) is 29.3. The summed E-state index contributed by atoms with van der Waals surface area (Å²) < 4.78 is 6.87. The molecule has 10 aromatic carbocycles. The van der Waals surface area contributed by atoms with E-state index in [0.717, 1.165) is 11.5 Å². The van der Waals surface area contributed by atoms with E-state index in [1.165, 1.54) is 111 Å². The summed E-state index contributed by atoms with van der Waals surface area (Å²) in [5.74, 6) is 1.81. The zero-order chi connectivity index (χ0) is 38.5. The molecule has 0 amide bonds. The van der Waals surface area contributed by atoms with Crippen LogP contribution in [0.25, 0.3) is 66.1 Å². The third kappa shape index (κ3) is 3.69. The summed E-state index contributed by atoms with van der Waals surface area (Å²) in [6.45, 7) is 0. The minimum Gasteiger partial charge on any atom is -0.457 e. The zero-order valence-electron chi connectivity index (χ0n) is 32.0. The summed E-state index contributed by atoms with van der Waals surface area (Å²) in [4.78, 5) is 0. The SMILES string of the molecule is c1ccc2c(c1)Oc1ccc(-c3cccc4c3-c3ccccc3C43c4c(ccc5ccccc45)-c4ccc5ccccc5c43)cc1C21c2ccccc2-c2ccccc21. The summed E-state index contributed by atoms with van der Waals surface area (Å²) in [6.07, 6.45) is 0. The van der Waals surface area contributed by atoms with Crippen molar-refractivity contribution in [3.63, 3.8) is 0 Å². The van der Waals surface area contributed by atoms with Crippen LogP contribution >= 0.6 is 0 Å². The zero-order valence-corrected chi connectivity index (χ0v) is 32.0. The van der Waals surface area contributed by atoms with Gasteiger partial charge in [-0.2, -0.15) is 0 Å². The average molecular weight is 747 g/mol. The number of para-hydroxylation sites is 1. The van der Waals surface area contributed by atoms with Crippen LogP contribution in [0.2, 0.25) is 0 Å². The Bertz CT molecular complexity index is 3360. The van der Waals surface area contributed by atoms with Gasteiger partial charge in [0.2, 0.25) is 0 Å². The molecule has 272 valence electrons. The first-order valence-electron chi connectivity index (χ1n) is 20.7. The van der Waals surface area contributed by atoms with E-state index in [0.29, 0.717) is 0 Å². The van der Waals surface area contributed by atoms with Gasteiger partial charge in [-0.25, -0.2) is 0 Å². The van der Waals surface area contributed by atoms with Crippen molar-refractivity contribution >= 4 is 21.5 Å². The van der Waals surface area contributed by atoms with Crippen molar-refractivity contribution in [2.45, 2.75) is 10.8 Å². The van der Waals surface area contributed by atoms with E-state index < -0.39 is 10.8 Å². The third-order valence-electron chi connectivity index (χ3n) is 14.1. The molecule has 0 saturated carbocycles. The molecule has 1 heteroatoms. The topological polar surface area (TPSA) is 9.23 Å². The van der Waals surface area contributed by atoms with E-state index in [2.05, 4.69) is 206 Å². The summed E-state index contributed by atoms with van der Waals surface area (Å²) in [5, 5.41) is 5.15. The highest BCUT2D eigenvalue weighted by Gasteiger charge is 2.54. The second kappa shape index (κ2) is 11.1. The van der Waals surface area contributed by atoms with Gasteiger partial charge in [-0.1, -0.05) is 188 Å². The van der Waals surface area contributed by atoms with Gasteiger partial charge in [0.05, 0.1) is 10.8 Å². The van der Waals surface area contributed by atoms with Gasteiger partial charge < -0.3 is 4.74 Å². The lowest BCUT2D eigenvalue weighted by molar-refractivity contribution is 0.436. The van der Waals surface area contributed by atoms with Crippen molar-refractivity contribution in [2.75, 3.05) is 0 Å². The fourth-order valence-electron chi connectivity index (χ4n) is 12.1. The predicted molar refractivity (Wildman–Crippen MR) is 241 cm³/mol. The van der Waals surface area contributed by atoms with Crippen LogP contribution in [0.15, 0.2) is 206 Å². The Morgan fingerprint density at radius 1 is 0.288 bits per heavy atom. The molecule has 0 saturated heterocycles. The highest BCUT2D eigenvalue weighted by molar-refractivity contribution is 6.10. The third-order valence-corrected chi connectivity index (χ3v) is 14.1. The molecule has 10 aromatic rings. The van der Waals surface area contributed by atoms with Crippen molar-refractivity contribution < 1.29 is 4.74 Å². The van der Waals surface area contributed by atoms with Crippen molar-refractivity contribution in [2.24, 2.45) is 0 Å². The molecule has 0 atom stereocenters. The standard InChI is InChI=1S/C58H34O/c1-3-16-39-35(14-1)28-31-43-44-32-29-36-15-2-4-17-40(36)56(44)58(55(39)43)48-24-10-7-20-45(48)54-38(21-13-26-50(54)58)37-30-33-53-51(34-37)57(49-25-11-12-27-52(49)59-53)46-22-8-5-18-41(46)42-19-6-9-23-47(42)57/h1-34H. The highest BCUT2D eigenvalue weighted by Crippen LogP contribution is 2.67. The molecule has 0 aromatic heterocycles. The molecule has 0 fully saturated rings. The maximum absolute atomic E-state index is 6.87. The van der Waals surface area contributed by atoms with Crippen LogP contribution in [0, 0.1) is 0 Å². The molecule has 2 spiro atoms. The van der Waals surface area contributed by atoms with E-state index in [4.69, 9.17) is 4.74 Å². The normalized spacial score (nSPS) is 14.8. The molecule has 4 aliphatic rings. The smallest absolute Gasteiger partial charge is 0.132 e. The van der Waals surface area contributed by atoms with Gasteiger partial charge in [-0.15, -0.1) is 0 Å². The van der Waals surface area contributed by atoms with Gasteiger partial charge in [0.15, 0.2) is 0 Å². The average Bonchev–Trinajstić information content (AvgIpc) is 3.90. The monoisotopic (exact) mass is 746 g/mol. The summed E-state index contributed by atoms with van der Waals surface area (Å²) >= 11 is 0. The number of ether oxygens (including phenoxy) is 1. The van der Waals surface area contributed by atoms with Crippen molar-refractivity contribution in [3.05, 3.63) is 251 Å². The van der Waals surface area contributed by atoms with Crippen molar-refractivity contribution in [1.82, 2.24) is 0 Å². The van der Waals surface area contributed by atoms with Crippen LogP contribution in [0.4, 0.5) is 0 Å². The van der Waals surface area contributed by atoms with Crippen molar-refractivity contribution in [3.8, 4) is 56.0 Å². The number of rotatable bonds is 1. The Morgan fingerprint density at radius 2 is 0.780 bits per heavy atom. The first kappa shape index (κ1) is 31.6. The number of hydrogen-bond acceptors (Lipinski definition) is 1. The van der Waals surface area contributed by atoms with Gasteiger partial charge in [0.1, 0.15) is 11.5 Å². The fourth-order valence-corrected chi connectivity index (χ4v) is 12.1. The molecule has 0 unspecified atom stereocenters. The Kier molecular flexibility index (Phi) is 5.96. The number of benzene rings is 10. The first-order valence-corrected chi connectivity index (χ1v) is 20.7. The Balaban J connectivity index is 1.10. The quantitative estimate of drug-likeness (QED) is 0.163. The van der Waals surface area contributed by atoms with Crippen molar-refractivity contribution in [1.29, 1.82) is 0 Å². The van der Waals surface area contributed by atoms with Crippen LogP contribution in [0.5, 0.6) is 11.5 Å². The molecule has 0 bridgehead atoms. The molecule has 1 aliphatic heterocycles. The maximum atomic E-state index is 6.87. The molecule has 1 nitrogen and oxygen atoms in total. The van der Waals surface area contributed by atoms with Gasteiger partial charge in [-0.3, -0.25) is 0 Å². The molecule has 14 rings (SSSR count). The largest absolute Gasteiger partial charge is 0.457 e. The van der Waals surface area contributed by atoms with Gasteiger partial charge in [0, 0.05) is 11.1 Å². The lowest BCUT2D eigenvalue weighted by atomic mass is 9.65. The van der Waals surface area contributed by atoms with Crippen LogP contribution < -0.4 is 4.74 Å². The maximum Gasteiger partial charge on any atom is 0.132 e. The van der Waals surface area contributed by atoms with Crippen LogP contribution in [-0.2, 0) is 10.8 Å². The minimum atomic E-state index is -0.536. The van der Waals surface area contributed by atoms with Gasteiger partial charge in [0.25, 0.3) is 0 Å². The molecule has 1 heterocycles.